The summed E-state index contributed by atoms with van der Waals surface area (Å²) in [4.78, 5) is 18.1. The molecule has 3 aromatic rings. The average Bonchev–Trinajstić information content (AvgIpc) is 3.07. The minimum absolute atomic E-state index is 0.323. The fourth-order valence-corrected chi connectivity index (χ4v) is 3.37. The highest BCUT2D eigenvalue weighted by Gasteiger charge is 2.16. The van der Waals surface area contributed by atoms with Gasteiger partial charge < -0.3 is 14.2 Å². The van der Waals surface area contributed by atoms with Crippen molar-refractivity contribution in [1.82, 2.24) is 4.98 Å². The van der Waals surface area contributed by atoms with Crippen molar-refractivity contribution in [3.63, 3.8) is 0 Å². The van der Waals surface area contributed by atoms with E-state index in [9.17, 15) is 4.79 Å². The van der Waals surface area contributed by atoms with Crippen LogP contribution < -0.4 is 19.6 Å². The smallest absolute Gasteiger partial charge is 0.347 e. The Morgan fingerprint density at radius 2 is 1.97 bits per heavy atom. The van der Waals surface area contributed by atoms with Crippen LogP contribution >= 0.6 is 11.3 Å². The lowest BCUT2D eigenvalue weighted by Gasteiger charge is -2.12. The van der Waals surface area contributed by atoms with E-state index in [-0.39, 0.29) is 0 Å². The van der Waals surface area contributed by atoms with Crippen molar-refractivity contribution < 1.29 is 19.0 Å². The number of methoxy groups -OCH3 is 1. The van der Waals surface area contributed by atoms with Gasteiger partial charge in [-0.15, -0.1) is 11.3 Å². The number of nitrogens with one attached hydrogen (secondary N) is 1. The van der Waals surface area contributed by atoms with Crippen molar-refractivity contribution in [2.45, 2.75) is 20.8 Å². The second kappa shape index (κ2) is 9.89. The Hall–Kier alpha value is -3.39. The predicted octanol–water partition coefficient (Wildman–Crippen LogP) is 4.83. The van der Waals surface area contributed by atoms with E-state index in [2.05, 4.69) is 15.5 Å². The van der Waals surface area contributed by atoms with E-state index < -0.39 is 5.97 Å². The Bertz CT molecular complexity index is 1040. The molecule has 0 saturated heterocycles. The summed E-state index contributed by atoms with van der Waals surface area (Å²) in [6.45, 7) is 6.26. The first-order valence-corrected chi connectivity index (χ1v) is 10.2. The van der Waals surface area contributed by atoms with Crippen LogP contribution in [-0.2, 0) is 0 Å². The molecule has 0 saturated carbocycles. The summed E-state index contributed by atoms with van der Waals surface area (Å²) in [6.07, 6.45) is 1.65. The van der Waals surface area contributed by atoms with Crippen LogP contribution in [0.25, 0.3) is 0 Å². The monoisotopic (exact) mass is 425 g/mol. The summed E-state index contributed by atoms with van der Waals surface area (Å²) < 4.78 is 16.4. The van der Waals surface area contributed by atoms with E-state index in [1.54, 1.807) is 60.0 Å². The molecule has 0 spiro atoms. The summed E-state index contributed by atoms with van der Waals surface area (Å²) in [5.74, 6) is 0.698. The number of ether oxygens (including phenoxy) is 3. The van der Waals surface area contributed by atoms with Gasteiger partial charge in [-0.1, -0.05) is 12.1 Å². The zero-order chi connectivity index (χ0) is 21.5. The third kappa shape index (κ3) is 5.15. The first-order chi connectivity index (χ1) is 14.5. The average molecular weight is 426 g/mol. The van der Waals surface area contributed by atoms with E-state index >= 15 is 0 Å². The van der Waals surface area contributed by atoms with Gasteiger partial charge in [-0.05, 0) is 56.7 Å². The third-order valence-electron chi connectivity index (χ3n) is 4.20. The van der Waals surface area contributed by atoms with Crippen LogP contribution in [0.4, 0.5) is 5.13 Å². The Balaban J connectivity index is 1.75. The van der Waals surface area contributed by atoms with Gasteiger partial charge in [-0.25, -0.2) is 9.78 Å². The van der Waals surface area contributed by atoms with Gasteiger partial charge >= 0.3 is 5.97 Å². The van der Waals surface area contributed by atoms with Gasteiger partial charge in [0.15, 0.2) is 11.5 Å². The molecule has 3 rings (SSSR count). The predicted molar refractivity (Wildman–Crippen MR) is 118 cm³/mol. The summed E-state index contributed by atoms with van der Waals surface area (Å²) in [7, 11) is 1.51. The normalized spacial score (nSPS) is 10.8. The number of esters is 1. The number of hydrogen-bond acceptors (Lipinski definition) is 8. The molecule has 7 nitrogen and oxygen atoms in total. The van der Waals surface area contributed by atoms with Gasteiger partial charge in [0.05, 0.1) is 25.6 Å². The molecule has 0 aliphatic carbocycles. The highest BCUT2D eigenvalue weighted by atomic mass is 32.1. The van der Waals surface area contributed by atoms with E-state index in [0.29, 0.717) is 29.4 Å². The zero-order valence-electron chi connectivity index (χ0n) is 17.3. The number of para-hydroxylation sites is 1. The third-order valence-corrected chi connectivity index (χ3v) is 5.18. The summed E-state index contributed by atoms with van der Waals surface area (Å²) in [5, 5.41) is 4.95. The summed E-state index contributed by atoms with van der Waals surface area (Å²) in [5.41, 5.74) is 5.03. The molecule has 1 heterocycles. The van der Waals surface area contributed by atoms with Crippen LogP contribution in [0.2, 0.25) is 0 Å². The molecule has 0 amide bonds. The fraction of sp³-hybridized carbons (Fsp3) is 0.227. The van der Waals surface area contributed by atoms with Gasteiger partial charge in [0.2, 0.25) is 5.13 Å². The lowest BCUT2D eigenvalue weighted by molar-refractivity contribution is 0.0725. The number of hydrogen-bond donors (Lipinski definition) is 1. The van der Waals surface area contributed by atoms with E-state index in [4.69, 9.17) is 14.2 Å². The number of carbonyl (C=O) groups is 1. The summed E-state index contributed by atoms with van der Waals surface area (Å²) >= 11 is 1.54. The number of aromatic nitrogens is 1. The second-order valence-corrected chi connectivity index (χ2v) is 7.46. The van der Waals surface area contributed by atoms with Crippen LogP contribution in [0.15, 0.2) is 47.6 Å². The Kier molecular flexibility index (Phi) is 7.03. The number of aryl methyl sites for hydroxylation is 2. The highest BCUT2D eigenvalue weighted by Crippen LogP contribution is 2.30. The largest absolute Gasteiger partial charge is 0.496 e. The molecule has 156 valence electrons. The van der Waals surface area contributed by atoms with Gasteiger partial charge in [-0.3, -0.25) is 5.43 Å². The maximum Gasteiger partial charge on any atom is 0.347 e. The van der Waals surface area contributed by atoms with Crippen molar-refractivity contribution in [2.24, 2.45) is 5.10 Å². The van der Waals surface area contributed by atoms with Crippen LogP contribution in [0, 0.1) is 13.8 Å². The number of thiazole rings is 1. The van der Waals surface area contributed by atoms with Crippen LogP contribution in [-0.4, -0.2) is 30.9 Å². The molecule has 30 heavy (non-hydrogen) atoms. The van der Waals surface area contributed by atoms with Gasteiger partial charge in [0.25, 0.3) is 0 Å². The minimum atomic E-state index is -0.522. The number of carbonyl (C=O) groups excluding carboxylic acids is 1. The molecule has 0 aliphatic heterocycles. The van der Waals surface area contributed by atoms with Crippen LogP contribution in [0.5, 0.6) is 17.2 Å². The van der Waals surface area contributed by atoms with Crippen molar-refractivity contribution in [3.8, 4) is 17.2 Å². The molecule has 0 radical (unpaired) electrons. The standard InChI is InChI=1S/C22H23N3O4S/c1-5-28-20-12-16(13-23-25-22-24-14(2)15(3)30-22)10-11-19(20)29-21(26)17-8-6-7-9-18(17)27-4/h6-13H,5H2,1-4H3,(H,24,25)/b23-13-. The Morgan fingerprint density at radius 3 is 2.67 bits per heavy atom. The number of hydrazone groups is 1. The minimum Gasteiger partial charge on any atom is -0.496 e. The fourth-order valence-electron chi connectivity index (χ4n) is 2.61. The molecule has 1 aromatic heterocycles. The van der Waals surface area contributed by atoms with Gasteiger partial charge in [0.1, 0.15) is 11.3 Å². The molecular weight excluding hydrogens is 402 g/mol. The maximum absolute atomic E-state index is 12.6. The van der Waals surface area contributed by atoms with E-state index in [0.717, 1.165) is 21.3 Å². The lowest BCUT2D eigenvalue weighted by Crippen LogP contribution is -2.11. The lowest BCUT2D eigenvalue weighted by atomic mass is 10.2. The first kappa shape index (κ1) is 21.3. The van der Waals surface area contributed by atoms with Crippen molar-refractivity contribution in [1.29, 1.82) is 0 Å². The van der Waals surface area contributed by atoms with Crippen molar-refractivity contribution in [3.05, 3.63) is 64.2 Å². The Labute approximate surface area is 179 Å². The maximum atomic E-state index is 12.6. The SMILES string of the molecule is CCOc1cc(/C=N\Nc2nc(C)c(C)s2)ccc1OC(=O)c1ccccc1OC. The highest BCUT2D eigenvalue weighted by molar-refractivity contribution is 7.15. The molecule has 0 atom stereocenters. The van der Waals surface area contributed by atoms with Crippen molar-refractivity contribution >= 4 is 28.7 Å². The number of benzene rings is 2. The van der Waals surface area contributed by atoms with Crippen LogP contribution in [0.1, 0.15) is 33.4 Å². The molecule has 8 heteroatoms. The van der Waals surface area contributed by atoms with Crippen LogP contribution in [0.3, 0.4) is 0 Å². The molecule has 0 bridgehead atoms. The van der Waals surface area contributed by atoms with Gasteiger partial charge in [-0.2, -0.15) is 5.10 Å². The zero-order valence-corrected chi connectivity index (χ0v) is 18.1. The van der Waals surface area contributed by atoms with E-state index in [1.807, 2.05) is 20.8 Å². The molecule has 1 N–H and O–H groups in total. The topological polar surface area (TPSA) is 82.0 Å². The first-order valence-electron chi connectivity index (χ1n) is 9.37. The quantitative estimate of drug-likeness (QED) is 0.241. The molecule has 2 aromatic carbocycles. The molecule has 0 fully saturated rings. The summed E-state index contributed by atoms with van der Waals surface area (Å²) in [6, 6.07) is 12.1. The second-order valence-electron chi connectivity index (χ2n) is 6.26. The van der Waals surface area contributed by atoms with E-state index in [1.165, 1.54) is 7.11 Å². The van der Waals surface area contributed by atoms with Gasteiger partial charge in [0, 0.05) is 4.88 Å². The number of anilines is 1. The Morgan fingerprint density at radius 1 is 1.17 bits per heavy atom. The molecular formula is C22H23N3O4S. The number of nitrogens with zero attached hydrogens (tertiary/aromatic N) is 2. The molecule has 0 unspecified atom stereocenters. The number of rotatable bonds is 8. The molecule has 0 aliphatic rings. The van der Waals surface area contributed by atoms with Crippen molar-refractivity contribution in [2.75, 3.05) is 19.1 Å².